The van der Waals surface area contributed by atoms with E-state index in [2.05, 4.69) is 18.7 Å². The van der Waals surface area contributed by atoms with Crippen LogP contribution in [0, 0.1) is 0 Å². The summed E-state index contributed by atoms with van der Waals surface area (Å²) in [5.74, 6) is 0.826. The number of nitrogens with zero attached hydrogens (tertiary/aromatic N) is 1. The van der Waals surface area contributed by atoms with Crippen molar-refractivity contribution in [3.8, 4) is 0 Å². The van der Waals surface area contributed by atoms with Crippen molar-refractivity contribution in [1.82, 2.24) is 4.90 Å². The zero-order valence-electron chi connectivity index (χ0n) is 9.64. The highest BCUT2D eigenvalue weighted by Gasteiger charge is 2.28. The maximum absolute atomic E-state index is 5.67. The molecule has 0 radical (unpaired) electrons. The van der Waals surface area contributed by atoms with E-state index in [1.54, 1.807) is 0 Å². The minimum Gasteiger partial charge on any atom is -0.298 e. The summed E-state index contributed by atoms with van der Waals surface area (Å²) in [7, 11) is 0. The van der Waals surface area contributed by atoms with Crippen molar-refractivity contribution in [3.63, 3.8) is 0 Å². The van der Waals surface area contributed by atoms with Gasteiger partial charge < -0.3 is 0 Å². The van der Waals surface area contributed by atoms with E-state index in [1.807, 2.05) is 0 Å². The van der Waals surface area contributed by atoms with Crippen LogP contribution in [0.3, 0.4) is 0 Å². The van der Waals surface area contributed by atoms with E-state index < -0.39 is 0 Å². The van der Waals surface area contributed by atoms with E-state index in [0.717, 1.165) is 18.0 Å². The highest BCUT2D eigenvalue weighted by atomic mass is 35.5. The van der Waals surface area contributed by atoms with Crippen LogP contribution in [-0.2, 0) is 0 Å². The minimum atomic E-state index is 0.816. The normalized spacial score (nSPS) is 28.5. The van der Waals surface area contributed by atoms with Gasteiger partial charge in [0.15, 0.2) is 0 Å². The summed E-state index contributed by atoms with van der Waals surface area (Å²) < 4.78 is 0. The van der Waals surface area contributed by atoms with Crippen molar-refractivity contribution >= 4 is 11.6 Å². The van der Waals surface area contributed by atoms with Crippen LogP contribution in [0.15, 0.2) is 0 Å². The zero-order chi connectivity index (χ0) is 10.4. The summed E-state index contributed by atoms with van der Waals surface area (Å²) in [5.41, 5.74) is 0. The number of hydrogen-bond donors (Lipinski definition) is 0. The van der Waals surface area contributed by atoms with Crippen LogP contribution in [0.4, 0.5) is 0 Å². The number of rotatable bonds is 6. The van der Waals surface area contributed by atoms with Crippen molar-refractivity contribution in [2.24, 2.45) is 0 Å². The molecule has 0 amide bonds. The first-order valence-corrected chi connectivity index (χ1v) is 6.64. The Hall–Kier alpha value is 0.250. The molecule has 1 heterocycles. The van der Waals surface area contributed by atoms with Gasteiger partial charge in [0.25, 0.3) is 0 Å². The molecule has 1 nitrogen and oxygen atoms in total. The Morgan fingerprint density at radius 1 is 1.21 bits per heavy atom. The van der Waals surface area contributed by atoms with E-state index in [0.29, 0.717) is 0 Å². The lowest BCUT2D eigenvalue weighted by Gasteiger charge is -2.27. The number of likely N-dealkylation sites (tertiary alicyclic amines) is 1. The maximum Gasteiger partial charge on any atom is 0.0223 e. The molecule has 0 spiro atoms. The van der Waals surface area contributed by atoms with E-state index in [9.17, 15) is 0 Å². The Morgan fingerprint density at radius 2 is 2.00 bits per heavy atom. The van der Waals surface area contributed by atoms with Crippen molar-refractivity contribution in [2.75, 3.05) is 12.4 Å². The number of hydrogen-bond acceptors (Lipinski definition) is 1. The molecule has 0 N–H and O–H groups in total. The van der Waals surface area contributed by atoms with Gasteiger partial charge in [-0.1, -0.05) is 13.3 Å². The molecule has 84 valence electrons. The predicted molar refractivity (Wildman–Crippen MR) is 64.1 cm³/mol. The average Bonchev–Trinajstić information content (AvgIpc) is 2.55. The first kappa shape index (κ1) is 12.3. The lowest BCUT2D eigenvalue weighted by molar-refractivity contribution is 0.195. The van der Waals surface area contributed by atoms with E-state index >= 15 is 0 Å². The van der Waals surface area contributed by atoms with Gasteiger partial charge in [-0.05, 0) is 45.6 Å². The van der Waals surface area contributed by atoms with Gasteiger partial charge >= 0.3 is 0 Å². The molecule has 1 rings (SSSR count). The SMILES string of the molecule is CCC1CCC(C)N1CCCCCCl. The quantitative estimate of drug-likeness (QED) is 0.485. The third-order valence-corrected chi connectivity index (χ3v) is 3.74. The molecule has 2 atom stereocenters. The third kappa shape index (κ3) is 3.43. The van der Waals surface area contributed by atoms with Gasteiger partial charge in [-0.25, -0.2) is 0 Å². The molecular weight excluding hydrogens is 194 g/mol. The first-order chi connectivity index (χ1) is 6.79. The Balaban J connectivity index is 2.19. The molecule has 0 aromatic heterocycles. The molecule has 2 unspecified atom stereocenters. The van der Waals surface area contributed by atoms with Crippen LogP contribution in [0.5, 0.6) is 0 Å². The van der Waals surface area contributed by atoms with E-state index in [4.69, 9.17) is 11.6 Å². The van der Waals surface area contributed by atoms with Crippen LogP contribution >= 0.6 is 11.6 Å². The second-order valence-electron chi connectivity index (χ2n) is 4.48. The molecule has 1 fully saturated rings. The molecule has 2 heteroatoms. The minimum absolute atomic E-state index is 0.816. The molecule has 1 aliphatic rings. The molecule has 14 heavy (non-hydrogen) atoms. The lowest BCUT2D eigenvalue weighted by Crippen LogP contribution is -2.34. The summed E-state index contributed by atoms with van der Waals surface area (Å²) in [6.45, 7) is 5.97. The summed E-state index contributed by atoms with van der Waals surface area (Å²) in [6, 6.07) is 1.68. The van der Waals surface area contributed by atoms with E-state index in [1.165, 1.54) is 45.1 Å². The van der Waals surface area contributed by atoms with Crippen LogP contribution in [0.25, 0.3) is 0 Å². The molecule has 0 saturated carbocycles. The molecule has 0 bridgehead atoms. The monoisotopic (exact) mass is 217 g/mol. The van der Waals surface area contributed by atoms with Crippen LogP contribution in [0.1, 0.15) is 52.4 Å². The fraction of sp³-hybridized carbons (Fsp3) is 1.00. The Morgan fingerprint density at radius 3 is 2.64 bits per heavy atom. The lowest BCUT2D eigenvalue weighted by atomic mass is 10.1. The van der Waals surface area contributed by atoms with Gasteiger partial charge in [-0.3, -0.25) is 4.90 Å². The van der Waals surface area contributed by atoms with Crippen LogP contribution in [0.2, 0.25) is 0 Å². The molecule has 0 aromatic carbocycles. The van der Waals surface area contributed by atoms with Crippen molar-refractivity contribution in [3.05, 3.63) is 0 Å². The average molecular weight is 218 g/mol. The van der Waals surface area contributed by atoms with Gasteiger partial charge in [0, 0.05) is 18.0 Å². The Bertz CT molecular complexity index is 149. The Labute approximate surface area is 93.8 Å². The van der Waals surface area contributed by atoms with Gasteiger partial charge in [-0.2, -0.15) is 0 Å². The topological polar surface area (TPSA) is 3.24 Å². The second kappa shape index (κ2) is 6.68. The van der Waals surface area contributed by atoms with Gasteiger partial charge in [0.1, 0.15) is 0 Å². The second-order valence-corrected chi connectivity index (χ2v) is 4.85. The largest absolute Gasteiger partial charge is 0.298 e. The molecular formula is C12H24ClN. The summed E-state index contributed by atoms with van der Waals surface area (Å²) in [6.07, 6.45) is 7.93. The Kier molecular flexibility index (Phi) is 5.88. The maximum atomic E-state index is 5.67. The standard InChI is InChI=1S/C12H24ClN/c1-3-12-8-7-11(2)14(12)10-6-4-5-9-13/h11-12H,3-10H2,1-2H3. The van der Waals surface area contributed by atoms with Crippen molar-refractivity contribution in [1.29, 1.82) is 0 Å². The van der Waals surface area contributed by atoms with Crippen LogP contribution in [-0.4, -0.2) is 29.4 Å². The first-order valence-electron chi connectivity index (χ1n) is 6.11. The molecule has 0 aliphatic carbocycles. The highest BCUT2D eigenvalue weighted by Crippen LogP contribution is 2.26. The van der Waals surface area contributed by atoms with Crippen LogP contribution < -0.4 is 0 Å². The van der Waals surface area contributed by atoms with Crippen molar-refractivity contribution < 1.29 is 0 Å². The fourth-order valence-corrected chi connectivity index (χ4v) is 2.72. The third-order valence-electron chi connectivity index (χ3n) is 3.47. The number of halogens is 1. The highest BCUT2D eigenvalue weighted by molar-refractivity contribution is 6.17. The summed E-state index contributed by atoms with van der Waals surface area (Å²) in [5, 5.41) is 0. The zero-order valence-corrected chi connectivity index (χ0v) is 10.4. The van der Waals surface area contributed by atoms with Gasteiger partial charge in [-0.15, -0.1) is 11.6 Å². The summed E-state index contributed by atoms with van der Waals surface area (Å²) in [4.78, 5) is 2.70. The number of alkyl halides is 1. The molecule has 1 aliphatic heterocycles. The smallest absolute Gasteiger partial charge is 0.0223 e. The van der Waals surface area contributed by atoms with Gasteiger partial charge in [0.2, 0.25) is 0 Å². The number of unbranched alkanes of at least 4 members (excludes halogenated alkanes) is 2. The predicted octanol–water partition coefficient (Wildman–Crippen LogP) is 3.66. The van der Waals surface area contributed by atoms with Gasteiger partial charge in [0.05, 0.1) is 0 Å². The van der Waals surface area contributed by atoms with Crippen molar-refractivity contribution in [2.45, 2.75) is 64.5 Å². The molecule has 1 saturated heterocycles. The summed E-state index contributed by atoms with van der Waals surface area (Å²) >= 11 is 5.67. The molecule has 0 aromatic rings. The van der Waals surface area contributed by atoms with E-state index in [-0.39, 0.29) is 0 Å². The fourth-order valence-electron chi connectivity index (χ4n) is 2.53.